The summed E-state index contributed by atoms with van der Waals surface area (Å²) in [5, 5.41) is 12.3. The third-order valence-electron chi connectivity index (χ3n) is 5.36. The predicted octanol–water partition coefficient (Wildman–Crippen LogP) is 3.76. The number of carbonyl (C=O) groups is 1. The Bertz CT molecular complexity index is 1000. The second-order valence-electron chi connectivity index (χ2n) is 7.20. The van der Waals surface area contributed by atoms with Crippen LogP contribution in [0.25, 0.3) is 0 Å². The van der Waals surface area contributed by atoms with E-state index in [4.69, 9.17) is 0 Å². The quantitative estimate of drug-likeness (QED) is 0.682. The first kappa shape index (κ1) is 22.7. The minimum absolute atomic E-state index is 0.120. The van der Waals surface area contributed by atoms with Crippen LogP contribution in [0.1, 0.15) is 50.5 Å². The largest absolute Gasteiger partial charge is 0.300 e. The third-order valence-corrected chi connectivity index (χ3v) is 8.25. The highest BCUT2D eigenvalue weighted by molar-refractivity contribution is 7.89. The van der Waals surface area contributed by atoms with Gasteiger partial charge in [-0.25, -0.2) is 17.2 Å². The summed E-state index contributed by atoms with van der Waals surface area (Å²) >= 11 is 1.36. The molecule has 164 valence electrons. The van der Waals surface area contributed by atoms with Crippen LogP contribution in [0, 0.1) is 17.6 Å². The first-order valence-corrected chi connectivity index (χ1v) is 12.1. The summed E-state index contributed by atoms with van der Waals surface area (Å²) in [7, 11) is -3.95. The fraction of sp³-hybridized carbons (Fsp3) is 0.526. The summed E-state index contributed by atoms with van der Waals surface area (Å²) in [4.78, 5) is 12.3. The number of piperidine rings is 1. The number of nitrogens with one attached hydrogen (secondary N) is 1. The van der Waals surface area contributed by atoms with Gasteiger partial charge < -0.3 is 5.32 Å². The number of aromatic nitrogens is 2. The maximum absolute atomic E-state index is 13.4. The predicted molar refractivity (Wildman–Crippen MR) is 110 cm³/mol. The van der Waals surface area contributed by atoms with E-state index in [-0.39, 0.29) is 29.8 Å². The Morgan fingerprint density at radius 3 is 2.47 bits per heavy atom. The summed E-state index contributed by atoms with van der Waals surface area (Å²) in [5.74, 6) is -2.57. The monoisotopic (exact) mass is 458 g/mol. The number of halogens is 2. The SMILES string of the molecule is CCC(CC)c1nnc(NC(=O)C2CCN(S(=O)(=O)c3ccc(F)c(F)c3)CC2)s1. The summed E-state index contributed by atoms with van der Waals surface area (Å²) in [6, 6.07) is 2.51. The molecule has 0 radical (unpaired) electrons. The molecule has 0 atom stereocenters. The van der Waals surface area contributed by atoms with E-state index in [0.717, 1.165) is 30.0 Å². The molecule has 11 heteroatoms. The molecular formula is C19H24F2N4O3S2. The van der Waals surface area contributed by atoms with E-state index in [2.05, 4.69) is 29.4 Å². The fourth-order valence-electron chi connectivity index (χ4n) is 3.44. The lowest BCUT2D eigenvalue weighted by molar-refractivity contribution is -0.120. The Balaban J connectivity index is 1.59. The van der Waals surface area contributed by atoms with E-state index in [1.165, 1.54) is 15.6 Å². The van der Waals surface area contributed by atoms with Crippen LogP contribution < -0.4 is 5.32 Å². The van der Waals surface area contributed by atoms with Gasteiger partial charge in [0, 0.05) is 24.9 Å². The van der Waals surface area contributed by atoms with Crippen molar-refractivity contribution in [2.45, 2.75) is 50.3 Å². The van der Waals surface area contributed by atoms with Crippen LogP contribution in [-0.2, 0) is 14.8 Å². The van der Waals surface area contributed by atoms with Crippen molar-refractivity contribution in [2.24, 2.45) is 5.92 Å². The molecule has 1 aliphatic rings. The van der Waals surface area contributed by atoms with Crippen molar-refractivity contribution in [1.29, 1.82) is 0 Å². The van der Waals surface area contributed by atoms with Gasteiger partial charge >= 0.3 is 0 Å². The summed E-state index contributed by atoms with van der Waals surface area (Å²) in [6.45, 7) is 4.40. The Morgan fingerprint density at radius 2 is 1.87 bits per heavy atom. The lowest BCUT2D eigenvalue weighted by Gasteiger charge is -2.30. The van der Waals surface area contributed by atoms with Crippen molar-refractivity contribution in [1.82, 2.24) is 14.5 Å². The standard InChI is InChI=1S/C19H24F2N4O3S2/c1-3-12(4-2)18-23-24-19(29-18)22-17(26)13-7-9-25(10-8-13)30(27,28)14-5-6-15(20)16(21)11-14/h5-6,11-13H,3-4,7-10H2,1-2H3,(H,22,24,26). The van der Waals surface area contributed by atoms with E-state index in [0.29, 0.717) is 30.0 Å². The topological polar surface area (TPSA) is 92.3 Å². The average molecular weight is 459 g/mol. The number of hydrogen-bond donors (Lipinski definition) is 1. The molecule has 1 amide bonds. The minimum atomic E-state index is -3.95. The number of rotatable bonds is 7. The van der Waals surface area contributed by atoms with Gasteiger partial charge in [-0.15, -0.1) is 10.2 Å². The van der Waals surface area contributed by atoms with E-state index in [9.17, 15) is 22.0 Å². The van der Waals surface area contributed by atoms with Crippen LogP contribution >= 0.6 is 11.3 Å². The van der Waals surface area contributed by atoms with E-state index < -0.39 is 21.7 Å². The number of carbonyl (C=O) groups excluding carboxylic acids is 1. The van der Waals surface area contributed by atoms with E-state index >= 15 is 0 Å². The molecule has 2 heterocycles. The summed E-state index contributed by atoms with van der Waals surface area (Å²) in [6.07, 6.45) is 2.55. The van der Waals surface area contributed by atoms with Gasteiger partial charge in [0.2, 0.25) is 21.1 Å². The highest BCUT2D eigenvalue weighted by Crippen LogP contribution is 2.29. The number of sulfonamides is 1. The van der Waals surface area contributed by atoms with Crippen LogP contribution in [0.4, 0.5) is 13.9 Å². The van der Waals surface area contributed by atoms with Crippen molar-refractivity contribution in [3.8, 4) is 0 Å². The normalized spacial score (nSPS) is 16.2. The van der Waals surface area contributed by atoms with E-state index in [1.54, 1.807) is 0 Å². The van der Waals surface area contributed by atoms with Crippen molar-refractivity contribution < 1.29 is 22.0 Å². The number of amides is 1. The molecule has 2 aromatic rings. The van der Waals surface area contributed by atoms with E-state index in [1.807, 2.05) is 0 Å². The highest BCUT2D eigenvalue weighted by atomic mass is 32.2. The van der Waals surface area contributed by atoms with Gasteiger partial charge in [-0.05, 0) is 43.9 Å². The Kier molecular flexibility index (Phi) is 7.14. The zero-order chi connectivity index (χ0) is 21.9. The Hall–Kier alpha value is -1.98. The molecule has 0 bridgehead atoms. The number of anilines is 1. The lowest BCUT2D eigenvalue weighted by atomic mass is 9.97. The molecule has 1 aromatic carbocycles. The van der Waals surface area contributed by atoms with Crippen molar-refractivity contribution >= 4 is 32.4 Å². The molecule has 0 saturated carbocycles. The summed E-state index contributed by atoms with van der Waals surface area (Å²) in [5.41, 5.74) is 0. The average Bonchev–Trinajstić information content (AvgIpc) is 3.19. The molecule has 0 aliphatic carbocycles. The maximum atomic E-state index is 13.4. The zero-order valence-corrected chi connectivity index (χ0v) is 18.4. The first-order valence-electron chi connectivity index (χ1n) is 9.85. The number of nitrogens with zero attached hydrogens (tertiary/aromatic N) is 3. The molecule has 1 aliphatic heterocycles. The zero-order valence-electron chi connectivity index (χ0n) is 16.8. The minimum Gasteiger partial charge on any atom is -0.300 e. The molecule has 3 rings (SSSR count). The van der Waals surface area contributed by atoms with Crippen molar-refractivity contribution in [3.05, 3.63) is 34.8 Å². The van der Waals surface area contributed by atoms with Crippen LogP contribution in [0.2, 0.25) is 0 Å². The first-order chi connectivity index (χ1) is 14.3. The fourth-order valence-corrected chi connectivity index (χ4v) is 5.94. The molecule has 1 aromatic heterocycles. The van der Waals surface area contributed by atoms with Gasteiger partial charge in [-0.2, -0.15) is 4.31 Å². The maximum Gasteiger partial charge on any atom is 0.243 e. The van der Waals surface area contributed by atoms with Gasteiger partial charge in [0.25, 0.3) is 0 Å². The smallest absolute Gasteiger partial charge is 0.243 e. The lowest BCUT2D eigenvalue weighted by Crippen LogP contribution is -2.41. The second-order valence-corrected chi connectivity index (χ2v) is 10.1. The molecule has 1 fully saturated rings. The third kappa shape index (κ3) is 4.84. The second kappa shape index (κ2) is 9.44. The molecule has 1 N–H and O–H groups in total. The summed E-state index contributed by atoms with van der Waals surface area (Å²) < 4.78 is 53.0. The van der Waals surface area contributed by atoms with Crippen molar-refractivity contribution in [3.63, 3.8) is 0 Å². The number of benzene rings is 1. The van der Waals surface area contributed by atoms with Gasteiger partial charge in [0.1, 0.15) is 5.01 Å². The molecule has 30 heavy (non-hydrogen) atoms. The van der Waals surface area contributed by atoms with Crippen LogP contribution in [-0.4, -0.2) is 41.9 Å². The number of hydrogen-bond acceptors (Lipinski definition) is 6. The molecular weight excluding hydrogens is 434 g/mol. The molecule has 1 saturated heterocycles. The Labute approximate surface area is 178 Å². The van der Waals surface area contributed by atoms with Gasteiger partial charge in [-0.1, -0.05) is 25.2 Å². The van der Waals surface area contributed by atoms with Gasteiger partial charge in [0.05, 0.1) is 4.90 Å². The van der Waals surface area contributed by atoms with Crippen LogP contribution in [0.15, 0.2) is 23.1 Å². The molecule has 7 nitrogen and oxygen atoms in total. The molecule has 0 unspecified atom stereocenters. The van der Waals surface area contributed by atoms with Crippen LogP contribution in [0.5, 0.6) is 0 Å². The Morgan fingerprint density at radius 1 is 1.20 bits per heavy atom. The van der Waals surface area contributed by atoms with Crippen LogP contribution in [0.3, 0.4) is 0 Å². The van der Waals surface area contributed by atoms with Gasteiger partial charge in [-0.3, -0.25) is 4.79 Å². The van der Waals surface area contributed by atoms with Gasteiger partial charge in [0.15, 0.2) is 11.6 Å². The van der Waals surface area contributed by atoms with Crippen molar-refractivity contribution in [2.75, 3.05) is 18.4 Å². The molecule has 0 spiro atoms. The highest BCUT2D eigenvalue weighted by Gasteiger charge is 2.33.